The lowest BCUT2D eigenvalue weighted by Crippen LogP contribution is -2.10. The van der Waals surface area contributed by atoms with E-state index >= 15 is 0 Å². The van der Waals surface area contributed by atoms with E-state index in [1.807, 2.05) is 0 Å². The van der Waals surface area contributed by atoms with Crippen molar-refractivity contribution in [3.05, 3.63) is 29.8 Å². The summed E-state index contributed by atoms with van der Waals surface area (Å²) in [6.07, 6.45) is 0. The Morgan fingerprint density at radius 3 is 2.80 bits per heavy atom. The average Bonchev–Trinajstić information content (AvgIpc) is 1.88. The topological polar surface area (TPSA) is 70.1 Å². The Balaban J connectivity index is 3.07. The molecule has 0 aromatic heterocycles. The number of rotatable bonds is 1. The molecule has 0 heterocycles. The number of phenolic OH excluding ortho intramolecular Hbond substituents is 1. The smallest absolute Gasteiger partial charge is 0.124 e. The van der Waals surface area contributed by atoms with Crippen molar-refractivity contribution < 1.29 is 5.11 Å². The van der Waals surface area contributed by atoms with Gasteiger partial charge in [0, 0.05) is 11.6 Å². The minimum atomic E-state index is -0.0516. The molecular formula is C7H7N2O. The number of amidine groups is 1. The van der Waals surface area contributed by atoms with Gasteiger partial charge in [0.15, 0.2) is 0 Å². The van der Waals surface area contributed by atoms with Crippen LogP contribution >= 0.6 is 0 Å². The molecule has 0 amide bonds. The minimum Gasteiger partial charge on any atom is -0.507 e. The molecule has 0 saturated carbocycles. The molecule has 0 spiro atoms. The standard InChI is InChI=1S/C7H7N2O/c8-7(9)5-2-1-3-6(10)4-5/h1-2,4,10H,(H3,8,9). The zero-order chi connectivity index (χ0) is 7.56. The first kappa shape index (κ1) is 6.61. The molecule has 1 aromatic rings. The maximum absolute atomic E-state index is 8.85. The molecular weight excluding hydrogens is 128 g/mol. The molecule has 1 rings (SSSR count). The van der Waals surface area contributed by atoms with Gasteiger partial charge in [-0.25, -0.2) is 0 Å². The van der Waals surface area contributed by atoms with Gasteiger partial charge >= 0.3 is 0 Å². The van der Waals surface area contributed by atoms with Crippen LogP contribution in [0.5, 0.6) is 5.75 Å². The fraction of sp³-hybridized carbons (Fsp3) is 0. The second kappa shape index (κ2) is 2.39. The van der Waals surface area contributed by atoms with Gasteiger partial charge in [0.2, 0.25) is 0 Å². The molecule has 10 heavy (non-hydrogen) atoms. The van der Waals surface area contributed by atoms with Crippen LogP contribution in [-0.2, 0) is 0 Å². The Hall–Kier alpha value is -1.51. The van der Waals surface area contributed by atoms with Crippen molar-refractivity contribution in [2.24, 2.45) is 5.73 Å². The Bertz CT molecular complexity index is 258. The molecule has 0 fully saturated rings. The van der Waals surface area contributed by atoms with Gasteiger partial charge < -0.3 is 10.8 Å². The first-order valence-corrected chi connectivity index (χ1v) is 2.75. The van der Waals surface area contributed by atoms with E-state index in [2.05, 4.69) is 6.07 Å². The maximum Gasteiger partial charge on any atom is 0.124 e. The highest BCUT2D eigenvalue weighted by Gasteiger charge is 1.95. The normalized spacial score (nSPS) is 9.20. The van der Waals surface area contributed by atoms with Gasteiger partial charge in [0.05, 0.1) is 0 Å². The molecule has 0 aliphatic heterocycles. The number of aromatic hydroxyl groups is 1. The average molecular weight is 135 g/mol. The number of nitrogens with one attached hydrogen (secondary N) is 1. The van der Waals surface area contributed by atoms with Crippen molar-refractivity contribution in [1.29, 1.82) is 5.41 Å². The fourth-order valence-corrected chi connectivity index (χ4v) is 0.621. The lowest BCUT2D eigenvalue weighted by atomic mass is 10.2. The summed E-state index contributed by atoms with van der Waals surface area (Å²) in [5.74, 6) is -0.0444. The molecule has 3 heteroatoms. The number of hydrogen-bond donors (Lipinski definition) is 3. The Kier molecular flexibility index (Phi) is 1.58. The molecule has 51 valence electrons. The van der Waals surface area contributed by atoms with Gasteiger partial charge in [-0.1, -0.05) is 6.07 Å². The lowest BCUT2D eigenvalue weighted by molar-refractivity contribution is 0.474. The van der Waals surface area contributed by atoms with Crippen LogP contribution in [0, 0.1) is 11.5 Å². The van der Waals surface area contributed by atoms with Crippen LogP contribution in [-0.4, -0.2) is 10.9 Å². The third-order valence-corrected chi connectivity index (χ3v) is 1.10. The van der Waals surface area contributed by atoms with Crippen molar-refractivity contribution >= 4 is 5.84 Å². The third-order valence-electron chi connectivity index (χ3n) is 1.10. The van der Waals surface area contributed by atoms with Gasteiger partial charge in [0.25, 0.3) is 0 Å². The fourth-order valence-electron chi connectivity index (χ4n) is 0.621. The zero-order valence-corrected chi connectivity index (χ0v) is 5.26. The number of nitrogen functional groups attached to an aromatic ring is 1. The number of nitrogens with two attached hydrogens (primary N) is 1. The van der Waals surface area contributed by atoms with Crippen LogP contribution in [0.1, 0.15) is 5.56 Å². The number of phenols is 1. The van der Waals surface area contributed by atoms with Gasteiger partial charge in [-0.2, -0.15) is 0 Å². The quantitative estimate of drug-likeness (QED) is 0.387. The Morgan fingerprint density at radius 1 is 1.70 bits per heavy atom. The van der Waals surface area contributed by atoms with Crippen molar-refractivity contribution in [2.75, 3.05) is 0 Å². The van der Waals surface area contributed by atoms with Gasteiger partial charge in [-0.05, 0) is 12.1 Å². The van der Waals surface area contributed by atoms with Gasteiger partial charge in [0.1, 0.15) is 11.6 Å². The summed E-state index contributed by atoms with van der Waals surface area (Å²) < 4.78 is 0. The highest BCUT2D eigenvalue weighted by Crippen LogP contribution is 2.08. The van der Waals surface area contributed by atoms with E-state index in [9.17, 15) is 0 Å². The number of hydrogen-bond acceptors (Lipinski definition) is 2. The summed E-state index contributed by atoms with van der Waals surface area (Å²) in [7, 11) is 0. The van der Waals surface area contributed by atoms with E-state index in [1.165, 1.54) is 12.1 Å². The summed E-state index contributed by atoms with van der Waals surface area (Å²) in [5.41, 5.74) is 5.65. The van der Waals surface area contributed by atoms with E-state index in [4.69, 9.17) is 16.2 Å². The summed E-state index contributed by atoms with van der Waals surface area (Å²) in [6.45, 7) is 0. The van der Waals surface area contributed by atoms with E-state index in [1.54, 1.807) is 6.07 Å². The van der Waals surface area contributed by atoms with Gasteiger partial charge in [-0.3, -0.25) is 5.41 Å². The summed E-state index contributed by atoms with van der Waals surface area (Å²) in [6, 6.07) is 7.05. The van der Waals surface area contributed by atoms with Crippen molar-refractivity contribution in [1.82, 2.24) is 0 Å². The molecule has 0 aliphatic rings. The van der Waals surface area contributed by atoms with E-state index in [-0.39, 0.29) is 11.6 Å². The first-order chi connectivity index (χ1) is 4.70. The SMILES string of the molecule is N=C(N)c1cc[c]c(O)c1. The Morgan fingerprint density at radius 2 is 2.40 bits per heavy atom. The summed E-state index contributed by atoms with van der Waals surface area (Å²) in [5, 5.41) is 15.8. The highest BCUT2D eigenvalue weighted by molar-refractivity contribution is 5.95. The van der Waals surface area contributed by atoms with Gasteiger partial charge in [-0.15, -0.1) is 0 Å². The molecule has 0 saturated heterocycles. The van der Waals surface area contributed by atoms with Crippen LogP contribution in [0.2, 0.25) is 0 Å². The monoisotopic (exact) mass is 135 g/mol. The predicted molar refractivity (Wildman–Crippen MR) is 38.0 cm³/mol. The largest absolute Gasteiger partial charge is 0.507 e. The Labute approximate surface area is 58.6 Å². The van der Waals surface area contributed by atoms with E-state index in [0.717, 1.165) is 0 Å². The minimum absolute atomic E-state index is 0.00713. The van der Waals surface area contributed by atoms with Crippen molar-refractivity contribution in [2.45, 2.75) is 0 Å². The molecule has 3 nitrogen and oxygen atoms in total. The van der Waals surface area contributed by atoms with E-state index < -0.39 is 0 Å². The molecule has 1 aromatic carbocycles. The van der Waals surface area contributed by atoms with Crippen molar-refractivity contribution in [3.63, 3.8) is 0 Å². The highest BCUT2D eigenvalue weighted by atomic mass is 16.3. The first-order valence-electron chi connectivity index (χ1n) is 2.75. The van der Waals surface area contributed by atoms with Crippen LogP contribution in [0.25, 0.3) is 0 Å². The maximum atomic E-state index is 8.85. The lowest BCUT2D eigenvalue weighted by Gasteiger charge is -1.96. The molecule has 4 N–H and O–H groups in total. The second-order valence-corrected chi connectivity index (χ2v) is 1.88. The third kappa shape index (κ3) is 1.25. The van der Waals surface area contributed by atoms with E-state index in [0.29, 0.717) is 5.56 Å². The van der Waals surface area contributed by atoms with Crippen molar-refractivity contribution in [3.8, 4) is 5.75 Å². The molecule has 0 atom stereocenters. The molecule has 1 radical (unpaired) electrons. The van der Waals surface area contributed by atoms with Crippen LogP contribution in [0.4, 0.5) is 0 Å². The van der Waals surface area contributed by atoms with Crippen LogP contribution in [0.3, 0.4) is 0 Å². The molecule has 0 bridgehead atoms. The predicted octanol–water partition coefficient (Wildman–Crippen LogP) is 0.476. The molecule has 0 unspecified atom stereocenters. The summed E-state index contributed by atoms with van der Waals surface area (Å²) >= 11 is 0. The van der Waals surface area contributed by atoms with Crippen LogP contribution in [0.15, 0.2) is 18.2 Å². The molecule has 0 aliphatic carbocycles. The second-order valence-electron chi connectivity index (χ2n) is 1.88. The zero-order valence-electron chi connectivity index (χ0n) is 5.26. The summed E-state index contributed by atoms with van der Waals surface area (Å²) in [4.78, 5) is 0. The van der Waals surface area contributed by atoms with Crippen LogP contribution < -0.4 is 5.73 Å². The number of benzene rings is 1.